The molecule has 0 heterocycles. The van der Waals surface area contributed by atoms with E-state index >= 15 is 0 Å². The number of methoxy groups -OCH3 is 2. The highest BCUT2D eigenvalue weighted by Gasteiger charge is 2.29. The third kappa shape index (κ3) is 10.8. The minimum atomic E-state index is -4.40. The highest BCUT2D eigenvalue weighted by Crippen LogP contribution is 2.29. The van der Waals surface area contributed by atoms with Crippen LogP contribution in [0.1, 0.15) is 12.0 Å². The number of ether oxygens (including phenoxy) is 3. The number of hydrogen-bond acceptors (Lipinski definition) is 5. The molecule has 0 aromatic heterocycles. The third-order valence-corrected chi connectivity index (χ3v) is 3.98. The zero-order valence-corrected chi connectivity index (χ0v) is 17.4. The number of rotatable bonds is 12. The predicted molar refractivity (Wildman–Crippen MR) is 107 cm³/mol. The van der Waals surface area contributed by atoms with E-state index in [0.29, 0.717) is 12.5 Å². The van der Waals surface area contributed by atoms with Crippen molar-refractivity contribution in [3.63, 3.8) is 0 Å². The second kappa shape index (κ2) is 13.1. The van der Waals surface area contributed by atoms with Crippen molar-refractivity contribution < 1.29 is 27.4 Å². The Hall–Kier alpha value is -2.20. The summed E-state index contributed by atoms with van der Waals surface area (Å²) in [7, 11) is 6.79. The second-order valence-electron chi connectivity index (χ2n) is 6.39. The van der Waals surface area contributed by atoms with Gasteiger partial charge in [-0.2, -0.15) is 13.2 Å². The number of benzene rings is 1. The molecule has 10 heteroatoms. The van der Waals surface area contributed by atoms with Crippen LogP contribution in [0.15, 0.2) is 23.2 Å². The van der Waals surface area contributed by atoms with E-state index in [0.717, 1.165) is 38.2 Å². The number of hydrogen-bond donors (Lipinski definition) is 2. The lowest BCUT2D eigenvalue weighted by Crippen LogP contribution is -2.40. The van der Waals surface area contributed by atoms with Crippen molar-refractivity contribution in [3.05, 3.63) is 23.8 Å². The lowest BCUT2D eigenvalue weighted by molar-refractivity contribution is -0.153. The van der Waals surface area contributed by atoms with Gasteiger partial charge in [0.1, 0.15) is 0 Å². The van der Waals surface area contributed by atoms with E-state index in [2.05, 4.69) is 20.5 Å². The van der Waals surface area contributed by atoms with Gasteiger partial charge in [-0.3, -0.25) is 4.99 Å². The lowest BCUT2D eigenvalue weighted by atomic mass is 10.2. The zero-order valence-electron chi connectivity index (χ0n) is 17.4. The van der Waals surface area contributed by atoms with Crippen LogP contribution in [0.5, 0.6) is 11.5 Å². The van der Waals surface area contributed by atoms with Crippen molar-refractivity contribution in [1.82, 2.24) is 15.5 Å². The minimum absolute atomic E-state index is 0.0487. The Morgan fingerprint density at radius 3 is 2.52 bits per heavy atom. The highest BCUT2D eigenvalue weighted by atomic mass is 19.4. The average molecular weight is 420 g/mol. The molecule has 7 nitrogen and oxygen atoms in total. The summed E-state index contributed by atoms with van der Waals surface area (Å²) in [4.78, 5) is 6.37. The largest absolute Gasteiger partial charge is 0.493 e. The molecule has 166 valence electrons. The maximum atomic E-state index is 12.3. The van der Waals surface area contributed by atoms with Gasteiger partial charge in [-0.1, -0.05) is 6.07 Å². The van der Waals surface area contributed by atoms with E-state index in [1.165, 1.54) is 13.2 Å². The molecule has 0 amide bonds. The van der Waals surface area contributed by atoms with Gasteiger partial charge in [0.25, 0.3) is 0 Å². The van der Waals surface area contributed by atoms with Crippen LogP contribution in [0.25, 0.3) is 0 Å². The molecule has 0 aliphatic carbocycles. The predicted octanol–water partition coefficient (Wildman–Crippen LogP) is 2.27. The topological polar surface area (TPSA) is 67.4 Å². The van der Waals surface area contributed by atoms with Gasteiger partial charge in [-0.15, -0.1) is 0 Å². The van der Waals surface area contributed by atoms with Crippen LogP contribution in [0.3, 0.4) is 0 Å². The standard InChI is InChI=1S/C19H31F3N4O3/c1-23-18(24-8-10-26(2)9-5-11-27-3)25-13-15-6-7-16(17(12-15)28-4)29-14-19(20,21)22/h6-7,12H,5,8-11,13-14H2,1-4H3,(H2,23,24,25). The summed E-state index contributed by atoms with van der Waals surface area (Å²) < 4.78 is 52.0. The fourth-order valence-electron chi connectivity index (χ4n) is 2.46. The second-order valence-corrected chi connectivity index (χ2v) is 6.39. The summed E-state index contributed by atoms with van der Waals surface area (Å²) in [5.41, 5.74) is 0.820. The number of halogens is 3. The first-order valence-electron chi connectivity index (χ1n) is 9.27. The zero-order chi connectivity index (χ0) is 21.7. The fraction of sp³-hybridized carbons (Fsp3) is 0.632. The highest BCUT2D eigenvalue weighted by molar-refractivity contribution is 5.79. The van der Waals surface area contributed by atoms with Gasteiger partial charge in [0.05, 0.1) is 7.11 Å². The first-order valence-corrected chi connectivity index (χ1v) is 9.27. The Morgan fingerprint density at radius 2 is 1.90 bits per heavy atom. The number of nitrogens with zero attached hydrogens (tertiary/aromatic N) is 2. The summed E-state index contributed by atoms with van der Waals surface area (Å²) in [6.07, 6.45) is -3.42. The SMILES string of the molecule is CN=C(NCCN(C)CCCOC)NCc1ccc(OCC(F)(F)F)c(OC)c1. The molecule has 29 heavy (non-hydrogen) atoms. The van der Waals surface area contributed by atoms with E-state index in [-0.39, 0.29) is 11.5 Å². The van der Waals surface area contributed by atoms with Crippen molar-refractivity contribution in [3.8, 4) is 11.5 Å². The molecule has 1 aromatic carbocycles. The number of guanidine groups is 1. The molecule has 0 saturated heterocycles. The van der Waals surface area contributed by atoms with Crippen molar-refractivity contribution in [2.75, 3.05) is 61.2 Å². The molecule has 0 spiro atoms. The molecule has 0 aliphatic heterocycles. The van der Waals surface area contributed by atoms with Gasteiger partial charge >= 0.3 is 6.18 Å². The Kier molecular flexibility index (Phi) is 11.2. The number of likely N-dealkylation sites (N-methyl/N-ethyl adjacent to an activating group) is 1. The van der Waals surface area contributed by atoms with Gasteiger partial charge in [-0.25, -0.2) is 0 Å². The summed E-state index contributed by atoms with van der Waals surface area (Å²) in [5, 5.41) is 6.39. The van der Waals surface area contributed by atoms with E-state index < -0.39 is 12.8 Å². The van der Waals surface area contributed by atoms with Gasteiger partial charge in [0, 0.05) is 46.9 Å². The van der Waals surface area contributed by atoms with Crippen LogP contribution in [0.2, 0.25) is 0 Å². The molecule has 0 unspecified atom stereocenters. The number of aliphatic imine (C=N–C) groups is 1. The van der Waals surface area contributed by atoms with Gasteiger partial charge in [0.15, 0.2) is 24.1 Å². The van der Waals surface area contributed by atoms with Gasteiger partial charge in [0.2, 0.25) is 0 Å². The van der Waals surface area contributed by atoms with Crippen molar-refractivity contribution in [1.29, 1.82) is 0 Å². The van der Waals surface area contributed by atoms with E-state index in [9.17, 15) is 13.2 Å². The molecular weight excluding hydrogens is 389 g/mol. The molecule has 0 atom stereocenters. The van der Waals surface area contributed by atoms with Crippen LogP contribution in [0, 0.1) is 0 Å². The van der Waals surface area contributed by atoms with Crippen molar-refractivity contribution in [2.45, 2.75) is 19.1 Å². The van der Waals surface area contributed by atoms with Crippen LogP contribution < -0.4 is 20.1 Å². The monoisotopic (exact) mass is 420 g/mol. The Labute approximate surface area is 170 Å². The summed E-state index contributed by atoms with van der Waals surface area (Å²) in [5.74, 6) is 0.924. The Morgan fingerprint density at radius 1 is 1.14 bits per heavy atom. The Bertz CT molecular complexity index is 627. The smallest absolute Gasteiger partial charge is 0.422 e. The Balaban J connectivity index is 2.47. The molecule has 0 fully saturated rings. The average Bonchev–Trinajstić information content (AvgIpc) is 2.68. The normalized spacial score (nSPS) is 12.2. The molecule has 0 aliphatic rings. The summed E-state index contributed by atoms with van der Waals surface area (Å²) in [6, 6.07) is 4.78. The summed E-state index contributed by atoms with van der Waals surface area (Å²) >= 11 is 0. The van der Waals surface area contributed by atoms with Crippen molar-refractivity contribution >= 4 is 5.96 Å². The number of alkyl halides is 3. The molecule has 0 saturated carbocycles. The van der Waals surface area contributed by atoms with Crippen LogP contribution in [0.4, 0.5) is 13.2 Å². The number of nitrogens with one attached hydrogen (secondary N) is 2. The van der Waals surface area contributed by atoms with E-state index in [1.54, 1.807) is 26.3 Å². The maximum Gasteiger partial charge on any atom is 0.422 e. The summed E-state index contributed by atoms with van der Waals surface area (Å²) in [6.45, 7) is 2.32. The quantitative estimate of drug-likeness (QED) is 0.307. The van der Waals surface area contributed by atoms with Crippen LogP contribution in [-0.2, 0) is 11.3 Å². The van der Waals surface area contributed by atoms with E-state index in [4.69, 9.17) is 14.2 Å². The van der Waals surface area contributed by atoms with Crippen molar-refractivity contribution in [2.24, 2.45) is 4.99 Å². The molecular formula is C19H31F3N4O3. The molecule has 1 aromatic rings. The first-order chi connectivity index (χ1) is 13.8. The van der Waals surface area contributed by atoms with Crippen LogP contribution in [-0.4, -0.2) is 78.2 Å². The van der Waals surface area contributed by atoms with Crippen LogP contribution >= 0.6 is 0 Å². The first kappa shape index (κ1) is 24.8. The fourth-order valence-corrected chi connectivity index (χ4v) is 2.46. The molecule has 2 N–H and O–H groups in total. The lowest BCUT2D eigenvalue weighted by Gasteiger charge is -2.18. The van der Waals surface area contributed by atoms with Gasteiger partial charge < -0.3 is 29.7 Å². The molecule has 0 bridgehead atoms. The maximum absolute atomic E-state index is 12.3. The van der Waals surface area contributed by atoms with Gasteiger partial charge in [-0.05, 0) is 31.2 Å². The minimum Gasteiger partial charge on any atom is -0.493 e. The third-order valence-electron chi connectivity index (χ3n) is 3.98. The molecule has 1 rings (SSSR count). The van der Waals surface area contributed by atoms with E-state index in [1.807, 2.05) is 7.05 Å². The molecule has 0 radical (unpaired) electrons.